The molecule has 4 saturated heterocycles. The third-order valence-corrected chi connectivity index (χ3v) is 8.29. The first-order valence-electron chi connectivity index (χ1n) is 13.2. The zero-order valence-corrected chi connectivity index (χ0v) is 22.4. The molecule has 4 aliphatic heterocycles. The minimum absolute atomic E-state index is 0.0289. The van der Waals surface area contributed by atoms with Gasteiger partial charge in [-0.1, -0.05) is 11.6 Å². The first-order valence-corrected chi connectivity index (χ1v) is 13.6. The fraction of sp³-hybridized carbons (Fsp3) is 0.692. The van der Waals surface area contributed by atoms with Gasteiger partial charge in [0.2, 0.25) is 0 Å². The van der Waals surface area contributed by atoms with Crippen LogP contribution in [0.15, 0.2) is 12.3 Å². The van der Waals surface area contributed by atoms with Crippen LogP contribution in [0, 0.1) is 0 Å². The van der Waals surface area contributed by atoms with Crippen molar-refractivity contribution in [3.8, 4) is 6.01 Å². The number of amides is 1. The standard InChI is InChI=1S/C26H34ClFN6O3/c1-25(2,3)37-24(35)34-18-5-6-19(34)14-32(13-18)22-21-20(9-16(27)11-29-21)30-23(31-22)36-15-26-7-4-8-33(26)12-17(28)10-26/h9,11,17-19H,4-8,10,12-15H2,1-3H3/t17-,18?,19?,26+/m1/s1. The summed E-state index contributed by atoms with van der Waals surface area (Å²) in [7, 11) is 0. The predicted octanol–water partition coefficient (Wildman–Crippen LogP) is 4.22. The van der Waals surface area contributed by atoms with Gasteiger partial charge >= 0.3 is 12.1 Å². The average molecular weight is 533 g/mol. The predicted molar refractivity (Wildman–Crippen MR) is 138 cm³/mol. The van der Waals surface area contributed by atoms with E-state index in [-0.39, 0.29) is 29.7 Å². The van der Waals surface area contributed by atoms with E-state index in [9.17, 15) is 9.18 Å². The first-order chi connectivity index (χ1) is 17.6. The highest BCUT2D eigenvalue weighted by atomic mass is 35.5. The normalized spacial score (nSPS) is 29.7. The summed E-state index contributed by atoms with van der Waals surface area (Å²) < 4.78 is 26.1. The van der Waals surface area contributed by atoms with E-state index in [2.05, 4.69) is 19.8 Å². The van der Waals surface area contributed by atoms with Gasteiger partial charge in [-0.15, -0.1) is 0 Å². The zero-order valence-electron chi connectivity index (χ0n) is 21.6. The molecule has 2 aromatic rings. The summed E-state index contributed by atoms with van der Waals surface area (Å²) in [6.07, 6.45) is 4.78. The van der Waals surface area contributed by atoms with Gasteiger partial charge in [0.15, 0.2) is 5.82 Å². The van der Waals surface area contributed by atoms with Crippen LogP contribution < -0.4 is 9.64 Å². The number of hydrogen-bond acceptors (Lipinski definition) is 8. The van der Waals surface area contributed by atoms with E-state index < -0.39 is 11.8 Å². The maximum absolute atomic E-state index is 14.2. The second kappa shape index (κ2) is 9.08. The molecule has 200 valence electrons. The average Bonchev–Trinajstić information content (AvgIpc) is 3.43. The van der Waals surface area contributed by atoms with E-state index in [1.165, 1.54) is 0 Å². The number of pyridine rings is 1. The van der Waals surface area contributed by atoms with Gasteiger partial charge in [0.05, 0.1) is 28.2 Å². The number of aromatic nitrogens is 3. The van der Waals surface area contributed by atoms with Gasteiger partial charge < -0.3 is 14.4 Å². The van der Waals surface area contributed by atoms with E-state index in [0.717, 1.165) is 32.2 Å². The van der Waals surface area contributed by atoms with E-state index in [1.807, 2.05) is 25.7 Å². The molecule has 37 heavy (non-hydrogen) atoms. The van der Waals surface area contributed by atoms with Gasteiger partial charge in [0.25, 0.3) is 0 Å². The third kappa shape index (κ3) is 4.67. The molecule has 0 saturated carbocycles. The SMILES string of the molecule is CC(C)(C)OC(=O)N1C2CCC1CN(c1nc(OC[C@@]34CCCN3C[C@H](F)C4)nc3cc(Cl)cnc13)C2. The quantitative estimate of drug-likeness (QED) is 0.578. The second-order valence-corrected chi connectivity index (χ2v) is 12.3. The lowest BCUT2D eigenvalue weighted by Crippen LogP contribution is -2.57. The number of halogens is 2. The fourth-order valence-electron chi connectivity index (χ4n) is 6.58. The van der Waals surface area contributed by atoms with Crippen molar-refractivity contribution in [3.05, 3.63) is 17.3 Å². The molecule has 6 heterocycles. The van der Waals surface area contributed by atoms with Crippen molar-refractivity contribution in [2.24, 2.45) is 0 Å². The summed E-state index contributed by atoms with van der Waals surface area (Å²) in [5.74, 6) is 0.674. The van der Waals surface area contributed by atoms with Crippen LogP contribution in [-0.4, -0.2) is 93.0 Å². The third-order valence-electron chi connectivity index (χ3n) is 8.08. The number of alkyl halides is 1. The smallest absolute Gasteiger partial charge is 0.410 e. The lowest BCUT2D eigenvalue weighted by molar-refractivity contribution is 0.0122. The Morgan fingerprint density at radius 2 is 1.97 bits per heavy atom. The molecule has 2 bridgehead atoms. The Bertz CT molecular complexity index is 1200. The number of carbonyl (C=O) groups is 1. The number of fused-ring (bicyclic) bond motifs is 4. The van der Waals surface area contributed by atoms with Crippen LogP contribution in [0.1, 0.15) is 52.9 Å². The molecule has 0 aromatic carbocycles. The molecule has 0 N–H and O–H groups in total. The Morgan fingerprint density at radius 3 is 2.70 bits per heavy atom. The van der Waals surface area contributed by atoms with Crippen molar-refractivity contribution in [1.29, 1.82) is 0 Å². The molecule has 4 aliphatic rings. The van der Waals surface area contributed by atoms with Crippen LogP contribution in [0.2, 0.25) is 5.02 Å². The van der Waals surface area contributed by atoms with Gasteiger partial charge in [0.1, 0.15) is 23.9 Å². The number of hydrogen-bond donors (Lipinski definition) is 0. The Kier molecular flexibility index (Phi) is 6.10. The molecule has 11 heteroatoms. The lowest BCUT2D eigenvalue weighted by atomic mass is 9.95. The molecular formula is C26H34ClFN6O3. The van der Waals surface area contributed by atoms with Crippen LogP contribution in [-0.2, 0) is 4.74 Å². The molecule has 2 unspecified atom stereocenters. The molecule has 4 fully saturated rings. The largest absolute Gasteiger partial charge is 0.461 e. The number of ether oxygens (including phenoxy) is 2. The Hall–Kier alpha value is -2.46. The summed E-state index contributed by atoms with van der Waals surface area (Å²) in [6, 6.07) is 2.07. The van der Waals surface area contributed by atoms with Crippen molar-refractivity contribution < 1.29 is 18.7 Å². The molecule has 0 spiro atoms. The van der Waals surface area contributed by atoms with Crippen LogP contribution in [0.4, 0.5) is 15.0 Å². The van der Waals surface area contributed by atoms with Crippen LogP contribution in [0.5, 0.6) is 6.01 Å². The van der Waals surface area contributed by atoms with Crippen molar-refractivity contribution >= 4 is 34.5 Å². The number of nitrogens with zero attached hydrogens (tertiary/aromatic N) is 6. The van der Waals surface area contributed by atoms with Gasteiger partial charge in [-0.25, -0.2) is 14.2 Å². The molecule has 2 aromatic heterocycles. The van der Waals surface area contributed by atoms with Gasteiger partial charge in [-0.2, -0.15) is 9.97 Å². The number of rotatable bonds is 4. The lowest BCUT2D eigenvalue weighted by Gasteiger charge is -2.41. The van der Waals surface area contributed by atoms with Crippen molar-refractivity contribution in [2.45, 2.75) is 82.3 Å². The molecule has 9 nitrogen and oxygen atoms in total. The van der Waals surface area contributed by atoms with Crippen molar-refractivity contribution in [2.75, 3.05) is 37.7 Å². The van der Waals surface area contributed by atoms with Crippen LogP contribution in [0.25, 0.3) is 11.0 Å². The summed E-state index contributed by atoms with van der Waals surface area (Å²) in [5.41, 5.74) is 0.418. The van der Waals surface area contributed by atoms with Gasteiger partial charge in [0, 0.05) is 32.3 Å². The highest BCUT2D eigenvalue weighted by Gasteiger charge is 2.49. The summed E-state index contributed by atoms with van der Waals surface area (Å²) in [4.78, 5) is 33.2. The molecule has 6 rings (SSSR count). The van der Waals surface area contributed by atoms with E-state index in [4.69, 9.17) is 26.1 Å². The minimum Gasteiger partial charge on any atom is -0.461 e. The Balaban J connectivity index is 1.27. The monoisotopic (exact) mass is 532 g/mol. The highest BCUT2D eigenvalue weighted by molar-refractivity contribution is 6.31. The molecule has 0 aliphatic carbocycles. The van der Waals surface area contributed by atoms with Crippen LogP contribution >= 0.6 is 11.6 Å². The van der Waals surface area contributed by atoms with Crippen LogP contribution in [0.3, 0.4) is 0 Å². The highest BCUT2D eigenvalue weighted by Crippen LogP contribution is 2.41. The van der Waals surface area contributed by atoms with E-state index >= 15 is 0 Å². The second-order valence-electron chi connectivity index (χ2n) is 11.9. The summed E-state index contributed by atoms with van der Waals surface area (Å²) in [5, 5.41) is 0.481. The van der Waals surface area contributed by atoms with Gasteiger partial charge in [-0.3, -0.25) is 9.80 Å². The Labute approximate surface area is 221 Å². The molecular weight excluding hydrogens is 499 g/mol. The van der Waals surface area contributed by atoms with Crippen molar-refractivity contribution in [1.82, 2.24) is 24.8 Å². The Morgan fingerprint density at radius 1 is 1.22 bits per heavy atom. The van der Waals surface area contributed by atoms with Gasteiger partial charge in [-0.05, 0) is 59.1 Å². The molecule has 4 atom stereocenters. The fourth-order valence-corrected chi connectivity index (χ4v) is 6.73. The first kappa shape index (κ1) is 24.9. The summed E-state index contributed by atoms with van der Waals surface area (Å²) in [6.45, 7) is 8.62. The molecule has 0 radical (unpaired) electrons. The van der Waals surface area contributed by atoms with E-state index in [1.54, 1.807) is 12.3 Å². The maximum atomic E-state index is 14.2. The van der Waals surface area contributed by atoms with E-state index in [0.29, 0.717) is 54.5 Å². The number of carbonyl (C=O) groups excluding carboxylic acids is 1. The van der Waals surface area contributed by atoms with Crippen molar-refractivity contribution in [3.63, 3.8) is 0 Å². The number of anilines is 1. The summed E-state index contributed by atoms with van der Waals surface area (Å²) >= 11 is 6.26. The number of piperazine rings is 1. The topological polar surface area (TPSA) is 83.9 Å². The molecule has 1 amide bonds. The maximum Gasteiger partial charge on any atom is 0.410 e. The minimum atomic E-state index is -0.822. The zero-order chi connectivity index (χ0) is 25.9.